The lowest BCUT2D eigenvalue weighted by molar-refractivity contribution is -0.141. The number of amides is 2. The van der Waals surface area contributed by atoms with Crippen LogP contribution in [0.15, 0.2) is 18.6 Å². The fourth-order valence-electron chi connectivity index (χ4n) is 3.38. The van der Waals surface area contributed by atoms with Crippen LogP contribution in [0.25, 0.3) is 0 Å². The van der Waals surface area contributed by atoms with E-state index in [1.807, 2.05) is 0 Å². The van der Waals surface area contributed by atoms with Gasteiger partial charge in [-0.2, -0.15) is 5.26 Å². The van der Waals surface area contributed by atoms with Crippen molar-refractivity contribution in [1.29, 1.82) is 5.26 Å². The zero-order chi connectivity index (χ0) is 22.9. The maximum absolute atomic E-state index is 13.3. The highest BCUT2D eigenvalue weighted by atomic mass is 16.6. The molecule has 1 aromatic heterocycles. The van der Waals surface area contributed by atoms with Crippen LogP contribution in [0.3, 0.4) is 0 Å². The monoisotopic (exact) mass is 430 g/mol. The van der Waals surface area contributed by atoms with Crippen LogP contribution in [0.4, 0.5) is 10.6 Å². The molecular weight excluding hydrogens is 400 g/mol. The summed E-state index contributed by atoms with van der Waals surface area (Å²) in [5, 5.41) is 15.0. The molecule has 0 bridgehead atoms. The van der Waals surface area contributed by atoms with Crippen molar-refractivity contribution in [2.45, 2.75) is 70.1 Å². The van der Waals surface area contributed by atoms with Gasteiger partial charge in [-0.3, -0.25) is 9.78 Å². The Morgan fingerprint density at radius 2 is 2.13 bits per heavy atom. The lowest BCUT2D eigenvalue weighted by atomic mass is 9.92. The highest BCUT2D eigenvalue weighted by Crippen LogP contribution is 2.24. The van der Waals surface area contributed by atoms with E-state index in [1.54, 1.807) is 39.4 Å². The van der Waals surface area contributed by atoms with E-state index in [9.17, 15) is 19.6 Å². The van der Waals surface area contributed by atoms with Gasteiger partial charge in [-0.15, -0.1) is 0 Å². The van der Waals surface area contributed by atoms with Gasteiger partial charge in [-0.25, -0.2) is 9.78 Å². The predicted octanol–water partition coefficient (Wildman–Crippen LogP) is 2.04. The van der Waals surface area contributed by atoms with Crippen molar-refractivity contribution in [3.8, 4) is 6.07 Å². The zero-order valence-electron chi connectivity index (χ0n) is 18.3. The average molecular weight is 431 g/mol. The first-order chi connectivity index (χ1) is 14.7. The van der Waals surface area contributed by atoms with E-state index < -0.39 is 29.2 Å². The molecule has 168 valence electrons. The van der Waals surface area contributed by atoms with E-state index in [-0.39, 0.29) is 6.42 Å². The van der Waals surface area contributed by atoms with Gasteiger partial charge in [-0.05, 0) is 52.9 Å². The number of ether oxygens (including phenoxy) is 1. The molecule has 0 saturated carbocycles. The number of carbonyl (C=O) groups is 3. The molecule has 2 N–H and O–H groups in total. The largest absolute Gasteiger partial charge is 0.444 e. The zero-order valence-corrected chi connectivity index (χ0v) is 18.3. The molecule has 1 aliphatic rings. The summed E-state index contributed by atoms with van der Waals surface area (Å²) in [7, 11) is 0. The molecule has 1 aliphatic heterocycles. The first-order valence-corrected chi connectivity index (χ1v) is 10.4. The van der Waals surface area contributed by atoms with Crippen molar-refractivity contribution in [2.24, 2.45) is 0 Å². The number of likely N-dealkylation sites (tertiary alicyclic amines) is 1. The summed E-state index contributed by atoms with van der Waals surface area (Å²) < 4.78 is 5.27. The van der Waals surface area contributed by atoms with E-state index in [1.165, 1.54) is 4.90 Å². The van der Waals surface area contributed by atoms with Gasteiger partial charge in [0, 0.05) is 25.5 Å². The van der Waals surface area contributed by atoms with Crippen molar-refractivity contribution in [3.63, 3.8) is 0 Å². The first kappa shape index (κ1) is 24.1. The third-order valence-electron chi connectivity index (χ3n) is 4.84. The molecule has 2 rings (SSSR count). The summed E-state index contributed by atoms with van der Waals surface area (Å²) in [6.07, 6.45) is 6.76. The van der Waals surface area contributed by atoms with Gasteiger partial charge in [0.2, 0.25) is 0 Å². The standard InChI is InChI=1S/C21H30N6O4/c1-20(2,3)31-19(30)26-21(15-28,18(29)27-12-6-7-16(27)13-22)8-4-5-9-24-17-14-23-10-11-25-17/h10-11,14-16H,4-9,12H2,1-3H3,(H,24,25)(H,26,30)/t16-,21+/m0/s1. The molecule has 10 nitrogen and oxygen atoms in total. The van der Waals surface area contributed by atoms with Crippen molar-refractivity contribution in [2.75, 3.05) is 18.4 Å². The quantitative estimate of drug-likeness (QED) is 0.345. The van der Waals surface area contributed by atoms with Crippen LogP contribution in [0.1, 0.15) is 52.9 Å². The molecule has 0 unspecified atom stereocenters. The highest BCUT2D eigenvalue weighted by Gasteiger charge is 2.46. The Labute approximate surface area is 182 Å². The van der Waals surface area contributed by atoms with Gasteiger partial charge in [0.15, 0.2) is 11.8 Å². The Morgan fingerprint density at radius 3 is 2.74 bits per heavy atom. The number of aromatic nitrogens is 2. The Balaban J connectivity index is 2.08. The lowest BCUT2D eigenvalue weighted by Gasteiger charge is -2.34. The molecule has 1 aromatic rings. The molecule has 0 radical (unpaired) electrons. The van der Waals surface area contributed by atoms with Gasteiger partial charge >= 0.3 is 6.09 Å². The second kappa shape index (κ2) is 10.7. The topological polar surface area (TPSA) is 137 Å². The van der Waals surface area contributed by atoms with Crippen LogP contribution in [-0.4, -0.2) is 63.4 Å². The molecule has 0 spiro atoms. The minimum Gasteiger partial charge on any atom is -0.444 e. The molecule has 0 aliphatic carbocycles. The summed E-state index contributed by atoms with van der Waals surface area (Å²) in [6.45, 7) is 6.01. The molecule has 1 saturated heterocycles. The molecule has 2 amide bonds. The summed E-state index contributed by atoms with van der Waals surface area (Å²) in [4.78, 5) is 47.4. The molecule has 2 heterocycles. The SMILES string of the molecule is CC(C)(C)OC(=O)N[C@@](C=O)(CCCCNc1cnccn1)C(=O)N1CCC[C@H]1C#N. The number of nitriles is 1. The van der Waals surface area contributed by atoms with Crippen molar-refractivity contribution < 1.29 is 19.1 Å². The average Bonchev–Trinajstić information content (AvgIpc) is 3.20. The molecular formula is C21H30N6O4. The Kier molecular flexibility index (Phi) is 8.30. The Bertz CT molecular complexity index is 804. The summed E-state index contributed by atoms with van der Waals surface area (Å²) in [6, 6.07) is 1.49. The number of nitrogens with one attached hydrogen (secondary N) is 2. The lowest BCUT2D eigenvalue weighted by Crippen LogP contribution is -2.62. The van der Waals surface area contributed by atoms with Gasteiger partial charge in [0.05, 0.1) is 12.3 Å². The van der Waals surface area contributed by atoms with E-state index in [2.05, 4.69) is 26.7 Å². The Hall–Kier alpha value is -3.22. The number of unbranched alkanes of at least 4 members (excludes halogenated alkanes) is 1. The number of anilines is 1. The second-order valence-corrected chi connectivity index (χ2v) is 8.48. The van der Waals surface area contributed by atoms with Crippen LogP contribution in [0.5, 0.6) is 0 Å². The van der Waals surface area contributed by atoms with Gasteiger partial charge in [-0.1, -0.05) is 0 Å². The van der Waals surface area contributed by atoms with Crippen LogP contribution in [0.2, 0.25) is 0 Å². The van der Waals surface area contributed by atoms with E-state index in [4.69, 9.17) is 4.74 Å². The minimum absolute atomic E-state index is 0.0887. The fraction of sp³-hybridized carbons (Fsp3) is 0.619. The fourth-order valence-corrected chi connectivity index (χ4v) is 3.38. The van der Waals surface area contributed by atoms with Crippen molar-refractivity contribution in [3.05, 3.63) is 18.6 Å². The number of rotatable bonds is 9. The summed E-state index contributed by atoms with van der Waals surface area (Å²) in [5.74, 6) is 0.0559. The van der Waals surface area contributed by atoms with E-state index >= 15 is 0 Å². The van der Waals surface area contributed by atoms with Crippen molar-refractivity contribution in [1.82, 2.24) is 20.2 Å². The van der Waals surface area contributed by atoms with E-state index in [0.29, 0.717) is 50.9 Å². The minimum atomic E-state index is -1.78. The highest BCUT2D eigenvalue weighted by molar-refractivity contribution is 6.04. The summed E-state index contributed by atoms with van der Waals surface area (Å²) >= 11 is 0. The van der Waals surface area contributed by atoms with Gasteiger partial charge < -0.3 is 25.1 Å². The molecule has 10 heteroatoms. The van der Waals surface area contributed by atoms with Crippen molar-refractivity contribution >= 4 is 24.1 Å². The number of hydrogen-bond acceptors (Lipinski definition) is 8. The molecule has 0 aromatic carbocycles. The van der Waals surface area contributed by atoms with Crippen LogP contribution in [0, 0.1) is 11.3 Å². The number of aldehydes is 1. The van der Waals surface area contributed by atoms with E-state index in [0.717, 1.165) is 0 Å². The Morgan fingerprint density at radius 1 is 1.35 bits per heavy atom. The van der Waals surface area contributed by atoms with Crippen LogP contribution in [-0.2, 0) is 14.3 Å². The number of nitrogens with zero attached hydrogens (tertiary/aromatic N) is 4. The number of alkyl carbamates (subject to hydrolysis) is 1. The van der Waals surface area contributed by atoms with Crippen LogP contribution >= 0.6 is 0 Å². The molecule has 31 heavy (non-hydrogen) atoms. The normalized spacial score (nSPS) is 17.9. The third-order valence-corrected chi connectivity index (χ3v) is 4.84. The number of hydrogen-bond donors (Lipinski definition) is 2. The summed E-state index contributed by atoms with van der Waals surface area (Å²) in [5.41, 5.74) is -2.57. The maximum atomic E-state index is 13.3. The maximum Gasteiger partial charge on any atom is 0.408 e. The molecule has 1 fully saturated rings. The van der Waals surface area contributed by atoms with Gasteiger partial charge in [0.25, 0.3) is 5.91 Å². The predicted molar refractivity (Wildman–Crippen MR) is 113 cm³/mol. The van der Waals surface area contributed by atoms with Gasteiger partial charge in [0.1, 0.15) is 17.5 Å². The molecule has 2 atom stereocenters. The number of carbonyl (C=O) groups excluding carboxylic acids is 3. The van der Waals surface area contributed by atoms with Crippen LogP contribution < -0.4 is 10.6 Å². The first-order valence-electron chi connectivity index (χ1n) is 10.4. The second-order valence-electron chi connectivity index (χ2n) is 8.48. The third kappa shape index (κ3) is 6.91. The smallest absolute Gasteiger partial charge is 0.408 e.